The van der Waals surface area contributed by atoms with Crippen LogP contribution in [0.2, 0.25) is 0 Å². The summed E-state index contributed by atoms with van der Waals surface area (Å²) in [4.78, 5) is 12.4. The Morgan fingerprint density at radius 2 is 1.59 bits per heavy atom. The molecule has 0 unspecified atom stereocenters. The van der Waals surface area contributed by atoms with Crippen molar-refractivity contribution < 1.29 is 26.4 Å². The first-order valence-electron chi connectivity index (χ1n) is 9.52. The molecule has 0 saturated heterocycles. The smallest absolute Gasteiger partial charge is 0.360 e. The van der Waals surface area contributed by atoms with Crippen molar-refractivity contribution in [1.29, 1.82) is 0 Å². The molecule has 0 aliphatic carbocycles. The molecule has 9 heteroatoms. The molecular weight excluding hydrogens is 441 g/mol. The van der Waals surface area contributed by atoms with Gasteiger partial charge in [0.25, 0.3) is 10.0 Å². The fourth-order valence-electron chi connectivity index (χ4n) is 3.37. The van der Waals surface area contributed by atoms with E-state index in [1.165, 1.54) is 18.2 Å². The Labute approximate surface area is 182 Å². The van der Waals surface area contributed by atoms with Crippen molar-refractivity contribution in [3.63, 3.8) is 0 Å². The maximum Gasteiger partial charge on any atom is 0.416 e. The third kappa shape index (κ3) is 4.11. The Kier molecular flexibility index (Phi) is 5.52. The normalized spacial score (nSPS) is 16.7. The summed E-state index contributed by atoms with van der Waals surface area (Å²) in [6.07, 6.45) is -3.61. The molecule has 164 valence electrons. The van der Waals surface area contributed by atoms with Gasteiger partial charge in [-0.25, -0.2) is 8.42 Å². The van der Waals surface area contributed by atoms with E-state index in [4.69, 9.17) is 0 Å². The third-order valence-electron chi connectivity index (χ3n) is 4.94. The van der Waals surface area contributed by atoms with Gasteiger partial charge in [-0.1, -0.05) is 48.5 Å². The van der Waals surface area contributed by atoms with Crippen LogP contribution in [-0.4, -0.2) is 14.2 Å². The molecule has 1 heterocycles. The van der Waals surface area contributed by atoms with Crippen LogP contribution in [0.3, 0.4) is 0 Å². The minimum atomic E-state index is -4.55. The van der Waals surface area contributed by atoms with Gasteiger partial charge in [-0.2, -0.15) is 13.2 Å². The maximum atomic E-state index is 13.4. The van der Waals surface area contributed by atoms with Gasteiger partial charge in [0.2, 0.25) is 5.78 Å². The lowest BCUT2D eigenvalue weighted by molar-refractivity contribution is -0.137. The molecule has 0 atom stereocenters. The highest BCUT2D eigenvalue weighted by Gasteiger charge is 2.40. The van der Waals surface area contributed by atoms with Crippen molar-refractivity contribution in [2.45, 2.75) is 12.7 Å². The van der Waals surface area contributed by atoms with Crippen LogP contribution in [-0.2, 0) is 22.7 Å². The van der Waals surface area contributed by atoms with Crippen LogP contribution in [0.5, 0.6) is 0 Å². The Hall–Kier alpha value is -3.59. The largest absolute Gasteiger partial charge is 0.416 e. The summed E-state index contributed by atoms with van der Waals surface area (Å²) >= 11 is 0. The number of alkyl halides is 3. The number of para-hydroxylation sites is 1. The standard InChI is InChI=1S/C23H17F3N2O3S/c24-23(25,26)17-9-6-10-18(13-17)27-14-21-22(29)19-11-4-5-12-20(19)28(32(21,30)31)15-16-7-2-1-3-8-16/h1-14,27H,15H2/b21-14+. The third-order valence-corrected chi connectivity index (χ3v) is 6.70. The van der Waals surface area contributed by atoms with Crippen LogP contribution < -0.4 is 9.62 Å². The first kappa shape index (κ1) is 21.6. The predicted octanol–water partition coefficient (Wildman–Crippen LogP) is 5.19. The number of ketones is 1. The summed E-state index contributed by atoms with van der Waals surface area (Å²) in [5, 5.41) is 2.54. The van der Waals surface area contributed by atoms with Gasteiger partial charge < -0.3 is 5.32 Å². The SMILES string of the molecule is O=C1/C(=C\Nc2cccc(C(F)(F)F)c2)S(=O)(=O)N(Cc2ccccc2)c2ccccc21. The Bertz CT molecular complexity index is 1300. The van der Waals surface area contributed by atoms with Crippen LogP contribution in [0.4, 0.5) is 24.5 Å². The van der Waals surface area contributed by atoms with E-state index < -0.39 is 32.5 Å². The number of anilines is 2. The highest BCUT2D eigenvalue weighted by Crippen LogP contribution is 2.36. The molecular formula is C23H17F3N2O3S. The Morgan fingerprint density at radius 3 is 2.31 bits per heavy atom. The molecule has 3 aromatic carbocycles. The number of halogens is 3. The van der Waals surface area contributed by atoms with Crippen LogP contribution in [0, 0.1) is 0 Å². The summed E-state index contributed by atoms with van der Waals surface area (Å²) < 4.78 is 66.7. The van der Waals surface area contributed by atoms with E-state index >= 15 is 0 Å². The van der Waals surface area contributed by atoms with Crippen LogP contribution in [0.1, 0.15) is 21.5 Å². The summed E-state index contributed by atoms with van der Waals surface area (Å²) in [6, 6.07) is 19.5. The predicted molar refractivity (Wildman–Crippen MR) is 115 cm³/mol. The second-order valence-electron chi connectivity index (χ2n) is 7.08. The lowest BCUT2D eigenvalue weighted by Crippen LogP contribution is -2.39. The van der Waals surface area contributed by atoms with E-state index in [0.717, 1.165) is 22.6 Å². The highest BCUT2D eigenvalue weighted by atomic mass is 32.2. The molecule has 4 rings (SSSR count). The van der Waals surface area contributed by atoms with Crippen molar-refractivity contribution in [3.8, 4) is 0 Å². The molecule has 0 aromatic heterocycles. The van der Waals surface area contributed by atoms with E-state index in [-0.39, 0.29) is 23.5 Å². The molecule has 1 N–H and O–H groups in total. The first-order valence-corrected chi connectivity index (χ1v) is 11.0. The van der Waals surface area contributed by atoms with Gasteiger partial charge >= 0.3 is 6.18 Å². The van der Waals surface area contributed by atoms with Gasteiger partial charge in [0.15, 0.2) is 4.91 Å². The number of carbonyl (C=O) groups is 1. The summed E-state index contributed by atoms with van der Waals surface area (Å²) in [5.41, 5.74) is 0.261. The molecule has 3 aromatic rings. The number of sulfonamides is 1. The number of rotatable bonds is 4. The maximum absolute atomic E-state index is 13.4. The molecule has 1 aliphatic rings. The molecule has 0 saturated carbocycles. The van der Waals surface area contributed by atoms with Gasteiger partial charge in [0.05, 0.1) is 17.8 Å². The van der Waals surface area contributed by atoms with Gasteiger partial charge in [-0.05, 0) is 35.9 Å². The van der Waals surface area contributed by atoms with Crippen LogP contribution in [0.15, 0.2) is 90.0 Å². The zero-order valence-corrected chi connectivity index (χ0v) is 17.3. The van der Waals surface area contributed by atoms with E-state index in [0.29, 0.717) is 5.56 Å². The fraction of sp³-hybridized carbons (Fsp3) is 0.0870. The zero-order valence-electron chi connectivity index (χ0n) is 16.5. The summed E-state index contributed by atoms with van der Waals surface area (Å²) in [7, 11) is -4.27. The van der Waals surface area contributed by atoms with Gasteiger partial charge in [0.1, 0.15) is 0 Å². The molecule has 0 fully saturated rings. The Balaban J connectivity index is 1.75. The van der Waals surface area contributed by atoms with Gasteiger partial charge in [-0.3, -0.25) is 9.10 Å². The average Bonchev–Trinajstić information content (AvgIpc) is 2.77. The fourth-order valence-corrected chi connectivity index (χ4v) is 4.90. The van der Waals surface area contributed by atoms with Crippen molar-refractivity contribution in [2.75, 3.05) is 9.62 Å². The second-order valence-corrected chi connectivity index (χ2v) is 8.91. The number of hydrogen-bond acceptors (Lipinski definition) is 4. The summed E-state index contributed by atoms with van der Waals surface area (Å²) in [5.74, 6) is -0.732. The van der Waals surface area contributed by atoms with Gasteiger partial charge in [0, 0.05) is 17.5 Å². The molecule has 0 spiro atoms. The molecule has 5 nitrogen and oxygen atoms in total. The van der Waals surface area contributed by atoms with Crippen molar-refractivity contribution >= 4 is 27.2 Å². The second kappa shape index (κ2) is 8.16. The van der Waals surface area contributed by atoms with E-state index in [1.807, 2.05) is 0 Å². The van der Waals surface area contributed by atoms with E-state index in [1.54, 1.807) is 48.5 Å². The average molecular weight is 458 g/mol. The Morgan fingerprint density at radius 1 is 0.906 bits per heavy atom. The minimum absolute atomic E-state index is 0.00351. The van der Waals surface area contributed by atoms with Gasteiger partial charge in [-0.15, -0.1) is 0 Å². The number of benzene rings is 3. The number of carbonyl (C=O) groups excluding carboxylic acids is 1. The highest BCUT2D eigenvalue weighted by molar-refractivity contribution is 7.97. The molecule has 0 bridgehead atoms. The monoisotopic (exact) mass is 458 g/mol. The molecule has 0 amide bonds. The lowest BCUT2D eigenvalue weighted by Gasteiger charge is -2.31. The van der Waals surface area contributed by atoms with Crippen molar-refractivity contribution in [1.82, 2.24) is 0 Å². The number of Topliss-reactive ketones (excluding diaryl/α,β-unsaturated/α-hetero) is 1. The first-order chi connectivity index (χ1) is 15.2. The lowest BCUT2D eigenvalue weighted by atomic mass is 10.1. The van der Waals surface area contributed by atoms with Crippen LogP contribution >= 0.6 is 0 Å². The van der Waals surface area contributed by atoms with Crippen molar-refractivity contribution in [2.24, 2.45) is 0 Å². The minimum Gasteiger partial charge on any atom is -0.360 e. The molecule has 0 radical (unpaired) electrons. The van der Waals surface area contributed by atoms with E-state index in [9.17, 15) is 26.4 Å². The number of allylic oxidation sites excluding steroid dienone is 1. The topological polar surface area (TPSA) is 66.5 Å². The summed E-state index contributed by atoms with van der Waals surface area (Å²) in [6.45, 7) is -0.00559. The molecule has 1 aliphatic heterocycles. The number of nitrogens with zero attached hydrogens (tertiary/aromatic N) is 1. The van der Waals surface area contributed by atoms with E-state index in [2.05, 4.69) is 5.32 Å². The number of hydrogen-bond donors (Lipinski definition) is 1. The number of fused-ring (bicyclic) bond motifs is 1. The van der Waals surface area contributed by atoms with Crippen molar-refractivity contribution in [3.05, 3.63) is 107 Å². The molecule has 32 heavy (non-hydrogen) atoms. The number of nitrogens with one attached hydrogen (secondary N) is 1. The zero-order chi connectivity index (χ0) is 22.9. The quantitative estimate of drug-likeness (QED) is 0.547. The van der Waals surface area contributed by atoms with Crippen LogP contribution in [0.25, 0.3) is 0 Å².